The van der Waals surface area contributed by atoms with Crippen molar-refractivity contribution in [2.45, 2.75) is 38.6 Å². The van der Waals surface area contributed by atoms with Crippen LogP contribution in [0.25, 0.3) is 0 Å². The van der Waals surface area contributed by atoms with Crippen molar-refractivity contribution in [1.29, 1.82) is 0 Å². The maximum atomic E-state index is 9.21. The van der Waals surface area contributed by atoms with Crippen LogP contribution in [0.4, 0.5) is 0 Å². The van der Waals surface area contributed by atoms with Gasteiger partial charge in [0.25, 0.3) is 0 Å². The minimum Gasteiger partial charge on any atom is -0.496 e. The van der Waals surface area contributed by atoms with Gasteiger partial charge < -0.3 is 14.6 Å². The van der Waals surface area contributed by atoms with E-state index in [2.05, 4.69) is 29.2 Å². The molecule has 1 saturated heterocycles. The highest BCUT2D eigenvalue weighted by Gasteiger charge is 2.20. The van der Waals surface area contributed by atoms with Gasteiger partial charge in [0.15, 0.2) is 0 Å². The smallest absolute Gasteiger partial charge is 0.123 e. The molecule has 0 aliphatic carbocycles. The Hall–Kier alpha value is -1.88. The van der Waals surface area contributed by atoms with Crippen molar-refractivity contribution in [1.82, 2.24) is 4.90 Å². The SMILES string of the molecule is COc1ccccc1CN(Cc1ccc(CO)cc1)CC1CCCO1. The summed E-state index contributed by atoms with van der Waals surface area (Å²) in [5.74, 6) is 0.926. The number of ether oxygens (including phenoxy) is 2. The molecule has 0 bridgehead atoms. The van der Waals surface area contributed by atoms with E-state index in [0.717, 1.165) is 50.4 Å². The minimum absolute atomic E-state index is 0.0844. The molecule has 1 N–H and O–H groups in total. The van der Waals surface area contributed by atoms with Crippen LogP contribution in [0.1, 0.15) is 29.5 Å². The molecule has 25 heavy (non-hydrogen) atoms. The Morgan fingerprint density at radius 1 is 1.08 bits per heavy atom. The van der Waals surface area contributed by atoms with Gasteiger partial charge in [0.2, 0.25) is 0 Å². The third kappa shape index (κ3) is 5.05. The van der Waals surface area contributed by atoms with E-state index in [1.54, 1.807) is 7.11 Å². The highest BCUT2D eigenvalue weighted by Crippen LogP contribution is 2.22. The average Bonchev–Trinajstić information content (AvgIpc) is 3.16. The summed E-state index contributed by atoms with van der Waals surface area (Å²) in [7, 11) is 1.72. The summed E-state index contributed by atoms with van der Waals surface area (Å²) in [5, 5.41) is 9.21. The molecule has 0 radical (unpaired) electrons. The number of hydrogen-bond donors (Lipinski definition) is 1. The predicted octanol–water partition coefficient (Wildman–Crippen LogP) is 3.37. The van der Waals surface area contributed by atoms with Gasteiger partial charge in [-0.2, -0.15) is 0 Å². The molecule has 1 aliphatic rings. The standard InChI is InChI=1S/C21H27NO3/c1-24-21-7-3-2-5-19(21)14-22(15-20-6-4-12-25-20)13-17-8-10-18(16-23)11-9-17/h2-3,5,7-11,20,23H,4,6,12-16H2,1H3. The maximum absolute atomic E-state index is 9.21. The topological polar surface area (TPSA) is 41.9 Å². The van der Waals surface area contributed by atoms with Crippen molar-refractivity contribution in [3.63, 3.8) is 0 Å². The molecule has 1 fully saturated rings. The Morgan fingerprint density at radius 3 is 2.52 bits per heavy atom. The van der Waals surface area contributed by atoms with Crippen LogP contribution in [0.2, 0.25) is 0 Å². The third-order valence-electron chi connectivity index (χ3n) is 4.68. The molecule has 4 nitrogen and oxygen atoms in total. The molecule has 1 unspecified atom stereocenters. The van der Waals surface area contributed by atoms with Gasteiger partial charge in [-0.25, -0.2) is 0 Å². The summed E-state index contributed by atoms with van der Waals surface area (Å²) < 4.78 is 11.4. The quantitative estimate of drug-likeness (QED) is 0.799. The fraction of sp³-hybridized carbons (Fsp3) is 0.429. The lowest BCUT2D eigenvalue weighted by atomic mass is 10.1. The number of rotatable bonds is 8. The van der Waals surface area contributed by atoms with Crippen LogP contribution >= 0.6 is 0 Å². The van der Waals surface area contributed by atoms with Crippen LogP contribution in [-0.2, 0) is 24.4 Å². The lowest BCUT2D eigenvalue weighted by Gasteiger charge is -2.26. The Morgan fingerprint density at radius 2 is 1.84 bits per heavy atom. The van der Waals surface area contributed by atoms with E-state index in [1.807, 2.05) is 24.3 Å². The molecule has 0 spiro atoms. The van der Waals surface area contributed by atoms with Gasteiger partial charge >= 0.3 is 0 Å². The number of aliphatic hydroxyl groups is 1. The van der Waals surface area contributed by atoms with Gasteiger partial charge in [0, 0.05) is 31.8 Å². The van der Waals surface area contributed by atoms with Gasteiger partial charge in [0.05, 0.1) is 19.8 Å². The fourth-order valence-corrected chi connectivity index (χ4v) is 3.34. The summed E-state index contributed by atoms with van der Waals surface area (Å²) >= 11 is 0. The van der Waals surface area contributed by atoms with E-state index < -0.39 is 0 Å². The van der Waals surface area contributed by atoms with Crippen molar-refractivity contribution in [2.24, 2.45) is 0 Å². The first kappa shape index (κ1) is 17.9. The van der Waals surface area contributed by atoms with Gasteiger partial charge in [0.1, 0.15) is 5.75 Å². The molecule has 3 rings (SSSR count). The molecular weight excluding hydrogens is 314 g/mol. The third-order valence-corrected chi connectivity index (χ3v) is 4.68. The summed E-state index contributed by atoms with van der Waals surface area (Å²) in [5.41, 5.74) is 3.37. The normalized spacial score (nSPS) is 17.2. The van der Waals surface area contributed by atoms with Crippen molar-refractivity contribution in [2.75, 3.05) is 20.3 Å². The van der Waals surface area contributed by atoms with Gasteiger partial charge in [-0.05, 0) is 30.0 Å². The lowest BCUT2D eigenvalue weighted by Crippen LogP contribution is -2.31. The maximum Gasteiger partial charge on any atom is 0.123 e. The minimum atomic E-state index is 0.0844. The Labute approximate surface area is 150 Å². The number of benzene rings is 2. The highest BCUT2D eigenvalue weighted by atomic mass is 16.5. The van der Waals surface area contributed by atoms with Crippen LogP contribution in [-0.4, -0.2) is 36.4 Å². The van der Waals surface area contributed by atoms with E-state index in [9.17, 15) is 5.11 Å². The first-order chi connectivity index (χ1) is 12.3. The molecular formula is C21H27NO3. The molecule has 134 valence electrons. The van der Waals surface area contributed by atoms with Crippen molar-refractivity contribution in [3.05, 3.63) is 65.2 Å². The second-order valence-corrected chi connectivity index (χ2v) is 6.59. The van der Waals surface area contributed by atoms with Crippen LogP contribution in [0, 0.1) is 0 Å². The van der Waals surface area contributed by atoms with Crippen LogP contribution < -0.4 is 4.74 Å². The molecule has 2 aromatic rings. The fourth-order valence-electron chi connectivity index (χ4n) is 3.34. The van der Waals surface area contributed by atoms with E-state index in [1.165, 1.54) is 11.1 Å². The van der Waals surface area contributed by atoms with Crippen LogP contribution in [0.15, 0.2) is 48.5 Å². The number of para-hydroxylation sites is 1. The van der Waals surface area contributed by atoms with Crippen molar-refractivity contribution in [3.8, 4) is 5.75 Å². The van der Waals surface area contributed by atoms with Crippen LogP contribution in [0.5, 0.6) is 5.75 Å². The number of nitrogens with zero attached hydrogens (tertiary/aromatic N) is 1. The zero-order chi connectivity index (χ0) is 17.5. The zero-order valence-electron chi connectivity index (χ0n) is 14.9. The molecule has 0 aromatic heterocycles. The first-order valence-electron chi connectivity index (χ1n) is 8.93. The molecule has 1 atom stereocenters. The summed E-state index contributed by atoms with van der Waals surface area (Å²) in [6.07, 6.45) is 2.59. The first-order valence-corrected chi connectivity index (χ1v) is 8.93. The van der Waals surface area contributed by atoms with Gasteiger partial charge in [-0.1, -0.05) is 42.5 Å². The Balaban J connectivity index is 1.73. The molecule has 0 amide bonds. The summed E-state index contributed by atoms with van der Waals surface area (Å²) in [6, 6.07) is 16.3. The zero-order valence-corrected chi connectivity index (χ0v) is 14.9. The van der Waals surface area contributed by atoms with E-state index in [4.69, 9.17) is 9.47 Å². The Bertz CT molecular complexity index is 650. The van der Waals surface area contributed by atoms with E-state index >= 15 is 0 Å². The predicted molar refractivity (Wildman–Crippen MR) is 98.4 cm³/mol. The summed E-state index contributed by atoms with van der Waals surface area (Å²) in [4.78, 5) is 2.42. The summed E-state index contributed by atoms with van der Waals surface area (Å²) in [6.45, 7) is 3.55. The highest BCUT2D eigenvalue weighted by molar-refractivity contribution is 5.33. The largest absolute Gasteiger partial charge is 0.496 e. The van der Waals surface area contributed by atoms with Gasteiger partial charge in [-0.3, -0.25) is 4.90 Å². The average molecular weight is 341 g/mol. The lowest BCUT2D eigenvalue weighted by molar-refractivity contribution is 0.0676. The Kier molecular flexibility index (Phi) is 6.45. The second-order valence-electron chi connectivity index (χ2n) is 6.59. The van der Waals surface area contributed by atoms with Gasteiger partial charge in [-0.15, -0.1) is 0 Å². The number of hydrogen-bond acceptors (Lipinski definition) is 4. The van der Waals surface area contributed by atoms with E-state index in [-0.39, 0.29) is 6.61 Å². The second kappa shape index (κ2) is 8.99. The monoisotopic (exact) mass is 341 g/mol. The molecule has 0 saturated carbocycles. The molecule has 2 aromatic carbocycles. The number of methoxy groups -OCH3 is 1. The molecule has 1 aliphatic heterocycles. The number of aliphatic hydroxyl groups excluding tert-OH is 1. The van der Waals surface area contributed by atoms with Crippen molar-refractivity contribution >= 4 is 0 Å². The molecule has 4 heteroatoms. The van der Waals surface area contributed by atoms with Crippen LogP contribution in [0.3, 0.4) is 0 Å². The van der Waals surface area contributed by atoms with Crippen molar-refractivity contribution < 1.29 is 14.6 Å². The van der Waals surface area contributed by atoms with E-state index in [0.29, 0.717) is 6.10 Å². The molecule has 1 heterocycles.